The summed E-state index contributed by atoms with van der Waals surface area (Å²) in [6.07, 6.45) is 1.80. The fourth-order valence-electron chi connectivity index (χ4n) is 2.14. The van der Waals surface area contributed by atoms with Gasteiger partial charge < -0.3 is 10.4 Å². The van der Waals surface area contributed by atoms with E-state index in [-0.39, 0.29) is 17.6 Å². The zero-order chi connectivity index (χ0) is 19.1. The summed E-state index contributed by atoms with van der Waals surface area (Å²) in [6.45, 7) is 3.95. The van der Waals surface area contributed by atoms with E-state index in [2.05, 4.69) is 31.8 Å². The van der Waals surface area contributed by atoms with Crippen LogP contribution in [0.4, 0.5) is 5.69 Å². The summed E-state index contributed by atoms with van der Waals surface area (Å²) in [4.78, 5) is 23.8. The van der Waals surface area contributed by atoms with Crippen molar-refractivity contribution in [2.45, 2.75) is 20.3 Å². The first-order valence-corrected chi connectivity index (χ1v) is 8.86. The van der Waals surface area contributed by atoms with Gasteiger partial charge >= 0.3 is 0 Å². The van der Waals surface area contributed by atoms with Crippen LogP contribution in [0.2, 0.25) is 0 Å². The van der Waals surface area contributed by atoms with Gasteiger partial charge in [-0.25, -0.2) is 5.43 Å². The van der Waals surface area contributed by atoms with Gasteiger partial charge in [-0.2, -0.15) is 5.10 Å². The Morgan fingerprint density at radius 2 is 1.88 bits per heavy atom. The molecule has 0 aliphatic heterocycles. The number of phenolic OH excluding ortho intramolecular Hbond substituents is 1. The molecule has 0 fully saturated rings. The molecular weight excluding hydrogens is 398 g/mol. The fraction of sp³-hybridized carbons (Fsp3) is 0.211. The average Bonchev–Trinajstić information content (AvgIpc) is 2.57. The predicted octanol–water partition coefficient (Wildman–Crippen LogP) is 3.90. The Morgan fingerprint density at radius 3 is 2.54 bits per heavy atom. The zero-order valence-electron chi connectivity index (χ0n) is 14.5. The molecule has 3 N–H and O–H groups in total. The van der Waals surface area contributed by atoms with Crippen LogP contribution >= 0.6 is 15.9 Å². The van der Waals surface area contributed by atoms with Crippen LogP contribution in [0.15, 0.2) is 52.0 Å². The molecule has 0 unspecified atom stereocenters. The summed E-state index contributed by atoms with van der Waals surface area (Å²) in [7, 11) is 0. The number of nitrogens with zero attached hydrogens (tertiary/aromatic N) is 1. The number of hydrogen-bond donors (Lipinski definition) is 3. The third-order valence-electron chi connectivity index (χ3n) is 3.38. The lowest BCUT2D eigenvalue weighted by atomic mass is 10.1. The second-order valence-electron chi connectivity index (χ2n) is 6.13. The number of carbonyl (C=O) groups is 2. The van der Waals surface area contributed by atoms with Crippen LogP contribution in [0.5, 0.6) is 5.75 Å². The van der Waals surface area contributed by atoms with E-state index in [1.165, 1.54) is 12.3 Å². The van der Waals surface area contributed by atoms with Gasteiger partial charge in [-0.05, 0) is 48.4 Å². The molecule has 2 rings (SSSR count). The summed E-state index contributed by atoms with van der Waals surface area (Å²) in [5.74, 6) is -0.110. The molecule has 7 heteroatoms. The van der Waals surface area contributed by atoms with Crippen molar-refractivity contribution in [1.82, 2.24) is 5.43 Å². The molecule has 2 aromatic carbocycles. The Balaban J connectivity index is 1.94. The summed E-state index contributed by atoms with van der Waals surface area (Å²) in [5.41, 5.74) is 3.91. The van der Waals surface area contributed by atoms with Crippen molar-refractivity contribution in [2.24, 2.45) is 11.0 Å². The first-order valence-electron chi connectivity index (χ1n) is 8.07. The van der Waals surface area contributed by atoms with Gasteiger partial charge in [0.25, 0.3) is 5.91 Å². The van der Waals surface area contributed by atoms with Crippen LogP contribution in [0.3, 0.4) is 0 Å². The number of aromatic hydroxyl groups is 1. The Kier molecular flexibility index (Phi) is 6.91. The van der Waals surface area contributed by atoms with Crippen LogP contribution < -0.4 is 10.7 Å². The fourth-order valence-corrected chi connectivity index (χ4v) is 2.52. The number of nitrogens with one attached hydrogen (secondary N) is 2. The first-order chi connectivity index (χ1) is 12.3. The van der Waals surface area contributed by atoms with Gasteiger partial charge in [0.2, 0.25) is 5.91 Å². The van der Waals surface area contributed by atoms with Crippen molar-refractivity contribution in [3.05, 3.63) is 58.1 Å². The smallest absolute Gasteiger partial charge is 0.271 e. The van der Waals surface area contributed by atoms with E-state index in [4.69, 9.17) is 0 Å². The number of anilines is 1. The Hall–Kier alpha value is -2.67. The van der Waals surface area contributed by atoms with Crippen molar-refractivity contribution in [3.8, 4) is 5.75 Å². The summed E-state index contributed by atoms with van der Waals surface area (Å²) >= 11 is 3.30. The lowest BCUT2D eigenvalue weighted by molar-refractivity contribution is -0.116. The molecule has 0 saturated carbocycles. The predicted molar refractivity (Wildman–Crippen MR) is 105 cm³/mol. The second kappa shape index (κ2) is 9.15. The maximum Gasteiger partial charge on any atom is 0.271 e. The van der Waals surface area contributed by atoms with E-state index in [1.807, 2.05) is 13.8 Å². The second-order valence-corrected chi connectivity index (χ2v) is 7.04. The molecule has 0 bridgehead atoms. The third-order valence-corrected chi connectivity index (χ3v) is 3.88. The normalized spacial score (nSPS) is 10.9. The zero-order valence-corrected chi connectivity index (χ0v) is 16.1. The molecule has 6 nitrogen and oxygen atoms in total. The standard InChI is InChI=1S/C19H20BrN3O3/c1-12(2)9-18(25)22-16-6-3-13(4-7-16)19(26)23-21-11-14-10-15(20)5-8-17(14)24/h3-8,10-12,24H,9H2,1-2H3,(H,22,25)(H,23,26). The van der Waals surface area contributed by atoms with Gasteiger partial charge in [-0.3, -0.25) is 9.59 Å². The summed E-state index contributed by atoms with van der Waals surface area (Å²) in [6, 6.07) is 11.4. The Morgan fingerprint density at radius 1 is 1.19 bits per heavy atom. The molecule has 0 aromatic heterocycles. The van der Waals surface area contributed by atoms with Gasteiger partial charge in [-0.15, -0.1) is 0 Å². The monoisotopic (exact) mass is 417 g/mol. The molecular formula is C19H20BrN3O3. The minimum absolute atomic E-state index is 0.0596. The Bertz CT molecular complexity index is 817. The van der Waals surface area contributed by atoms with Crippen LogP contribution in [-0.4, -0.2) is 23.1 Å². The largest absolute Gasteiger partial charge is 0.507 e. The average molecular weight is 418 g/mol. The number of rotatable bonds is 6. The highest BCUT2D eigenvalue weighted by Gasteiger charge is 2.07. The first kappa shape index (κ1) is 19.7. The number of halogens is 1. The topological polar surface area (TPSA) is 90.8 Å². The van der Waals surface area contributed by atoms with Gasteiger partial charge in [0, 0.05) is 27.7 Å². The summed E-state index contributed by atoms with van der Waals surface area (Å²) < 4.78 is 0.790. The van der Waals surface area contributed by atoms with Gasteiger partial charge in [-0.1, -0.05) is 29.8 Å². The molecule has 0 spiro atoms. The molecule has 0 atom stereocenters. The van der Waals surface area contributed by atoms with Gasteiger partial charge in [0.05, 0.1) is 6.21 Å². The number of hydrogen-bond acceptors (Lipinski definition) is 4. The molecule has 136 valence electrons. The van der Waals surface area contributed by atoms with Crippen LogP contribution in [0, 0.1) is 5.92 Å². The highest BCUT2D eigenvalue weighted by atomic mass is 79.9. The van der Waals surface area contributed by atoms with E-state index in [1.54, 1.807) is 36.4 Å². The molecule has 26 heavy (non-hydrogen) atoms. The Labute approximate surface area is 160 Å². The number of phenols is 1. The van der Waals surface area contributed by atoms with Gasteiger partial charge in [0.15, 0.2) is 0 Å². The quantitative estimate of drug-likeness (QED) is 0.491. The van der Waals surface area contributed by atoms with Gasteiger partial charge in [0.1, 0.15) is 5.75 Å². The molecule has 2 aromatic rings. The van der Waals surface area contributed by atoms with E-state index in [0.29, 0.717) is 23.2 Å². The summed E-state index contributed by atoms with van der Waals surface area (Å²) in [5, 5.41) is 16.3. The highest BCUT2D eigenvalue weighted by Crippen LogP contribution is 2.20. The van der Waals surface area contributed by atoms with Crippen molar-refractivity contribution >= 4 is 39.6 Å². The molecule has 0 heterocycles. The van der Waals surface area contributed by atoms with E-state index >= 15 is 0 Å². The number of carbonyl (C=O) groups excluding carboxylic acids is 2. The lowest BCUT2D eigenvalue weighted by Gasteiger charge is -2.07. The van der Waals surface area contributed by atoms with E-state index in [0.717, 1.165) is 4.47 Å². The minimum Gasteiger partial charge on any atom is -0.507 e. The molecule has 0 radical (unpaired) electrons. The SMILES string of the molecule is CC(C)CC(=O)Nc1ccc(C(=O)NN=Cc2cc(Br)ccc2O)cc1. The van der Waals surface area contributed by atoms with E-state index in [9.17, 15) is 14.7 Å². The van der Waals surface area contributed by atoms with Crippen molar-refractivity contribution in [3.63, 3.8) is 0 Å². The minimum atomic E-state index is -0.393. The van der Waals surface area contributed by atoms with Crippen LogP contribution in [0.1, 0.15) is 36.2 Å². The maximum atomic E-state index is 12.1. The van der Waals surface area contributed by atoms with E-state index < -0.39 is 5.91 Å². The highest BCUT2D eigenvalue weighted by molar-refractivity contribution is 9.10. The van der Waals surface area contributed by atoms with Crippen LogP contribution in [-0.2, 0) is 4.79 Å². The maximum absolute atomic E-state index is 12.1. The molecule has 0 aliphatic carbocycles. The van der Waals surface area contributed by atoms with Crippen molar-refractivity contribution in [1.29, 1.82) is 0 Å². The lowest BCUT2D eigenvalue weighted by Crippen LogP contribution is -2.18. The number of amides is 2. The third kappa shape index (κ3) is 6.00. The number of hydrazone groups is 1. The number of benzene rings is 2. The molecule has 2 amide bonds. The van der Waals surface area contributed by atoms with Crippen LogP contribution in [0.25, 0.3) is 0 Å². The molecule has 0 saturated heterocycles. The molecule has 0 aliphatic rings. The van der Waals surface area contributed by atoms with Crippen molar-refractivity contribution < 1.29 is 14.7 Å². The van der Waals surface area contributed by atoms with Crippen molar-refractivity contribution in [2.75, 3.05) is 5.32 Å².